The van der Waals surface area contributed by atoms with Crippen molar-refractivity contribution in [3.63, 3.8) is 0 Å². The van der Waals surface area contributed by atoms with Gasteiger partial charge in [0.05, 0.1) is 6.10 Å². The SMILES string of the molecule is Brc1ccc2c(c1)C(OC1CN3CCC1CC3)c1ccccc1CS2.O=C(O)/C=C\C(=O)O. The topological polar surface area (TPSA) is 87.1 Å². The molecule has 0 aromatic heterocycles. The van der Waals surface area contributed by atoms with E-state index in [1.54, 1.807) is 0 Å². The number of carbonyl (C=O) groups is 2. The van der Waals surface area contributed by atoms with Gasteiger partial charge in [0.1, 0.15) is 6.10 Å². The molecule has 0 saturated carbocycles. The van der Waals surface area contributed by atoms with Crippen molar-refractivity contribution in [3.8, 4) is 0 Å². The normalized spacial score (nSPS) is 25.4. The third kappa shape index (κ3) is 6.06. The van der Waals surface area contributed by atoms with Crippen LogP contribution in [0.3, 0.4) is 0 Å². The van der Waals surface area contributed by atoms with Crippen LogP contribution in [-0.2, 0) is 20.1 Å². The van der Waals surface area contributed by atoms with Gasteiger partial charge in [0, 0.05) is 33.8 Å². The van der Waals surface area contributed by atoms with E-state index in [1.807, 2.05) is 11.8 Å². The van der Waals surface area contributed by atoms with Gasteiger partial charge in [-0.3, -0.25) is 0 Å². The molecule has 0 radical (unpaired) electrons. The lowest BCUT2D eigenvalue weighted by Gasteiger charge is -2.45. The monoisotopic (exact) mass is 531 g/mol. The number of carboxylic acids is 2. The van der Waals surface area contributed by atoms with E-state index < -0.39 is 11.9 Å². The van der Waals surface area contributed by atoms with Gasteiger partial charge in [-0.15, -0.1) is 11.8 Å². The van der Waals surface area contributed by atoms with Crippen LogP contribution in [0.4, 0.5) is 0 Å². The van der Waals surface area contributed by atoms with Crippen LogP contribution in [0.1, 0.15) is 35.6 Å². The van der Waals surface area contributed by atoms with Crippen molar-refractivity contribution in [2.24, 2.45) is 5.92 Å². The average Bonchev–Trinajstić information content (AvgIpc) is 2.96. The van der Waals surface area contributed by atoms with Gasteiger partial charge in [0.25, 0.3) is 0 Å². The molecule has 0 amide bonds. The maximum absolute atomic E-state index is 9.55. The zero-order valence-electron chi connectivity index (χ0n) is 18.0. The summed E-state index contributed by atoms with van der Waals surface area (Å²) in [6.07, 6.45) is 4.10. The van der Waals surface area contributed by atoms with Crippen molar-refractivity contribution in [1.82, 2.24) is 4.90 Å². The van der Waals surface area contributed by atoms with E-state index in [9.17, 15) is 9.59 Å². The summed E-state index contributed by atoms with van der Waals surface area (Å²) in [7, 11) is 0. The molecule has 0 spiro atoms. The molecule has 2 atom stereocenters. The number of hydrogen-bond acceptors (Lipinski definition) is 5. The molecule has 0 aliphatic carbocycles. The van der Waals surface area contributed by atoms with Crippen LogP contribution in [0, 0.1) is 5.92 Å². The molecular weight excluding hydrogens is 506 g/mol. The van der Waals surface area contributed by atoms with Crippen molar-refractivity contribution in [2.75, 3.05) is 19.6 Å². The number of ether oxygens (including phenoxy) is 1. The van der Waals surface area contributed by atoms with E-state index in [1.165, 1.54) is 47.5 Å². The number of halogens is 1. The lowest BCUT2D eigenvalue weighted by atomic mass is 9.85. The van der Waals surface area contributed by atoms with Gasteiger partial charge >= 0.3 is 11.9 Å². The molecule has 4 aliphatic rings. The number of piperidine rings is 3. The minimum absolute atomic E-state index is 0.0456. The molecule has 4 aliphatic heterocycles. The first-order valence-electron chi connectivity index (χ1n) is 10.9. The average molecular weight is 532 g/mol. The third-order valence-corrected chi connectivity index (χ3v) is 7.88. The number of thioether (sulfide) groups is 1. The predicted octanol–water partition coefficient (Wildman–Crippen LogP) is 4.97. The summed E-state index contributed by atoms with van der Waals surface area (Å²) >= 11 is 5.60. The minimum atomic E-state index is -1.26. The van der Waals surface area contributed by atoms with E-state index >= 15 is 0 Å². The zero-order chi connectivity index (χ0) is 23.4. The summed E-state index contributed by atoms with van der Waals surface area (Å²) in [5.74, 6) is -0.770. The lowest BCUT2D eigenvalue weighted by Crippen LogP contribution is -2.51. The Balaban J connectivity index is 0.000000281. The Kier molecular flexibility index (Phi) is 7.90. The second-order valence-corrected chi connectivity index (χ2v) is 10.3. The molecule has 2 bridgehead atoms. The van der Waals surface area contributed by atoms with Crippen molar-refractivity contribution in [2.45, 2.75) is 35.7 Å². The number of hydrogen-bond donors (Lipinski definition) is 2. The standard InChI is InChI=1S/C21H22BrNOS.C4H4O4/c22-16-5-6-20-18(11-16)21(17-4-2-1-3-15(17)13-25-20)24-19-12-23-9-7-14(19)8-10-23;5-3(6)1-2-4(7)8/h1-6,11,14,19,21H,7-10,12-13H2;1-2H,(H,5,6)(H,7,8)/b;2-1-. The van der Waals surface area contributed by atoms with Crippen LogP contribution in [0.2, 0.25) is 0 Å². The van der Waals surface area contributed by atoms with Gasteiger partial charge in [0.15, 0.2) is 0 Å². The Morgan fingerprint density at radius 1 is 1.03 bits per heavy atom. The highest BCUT2D eigenvalue weighted by molar-refractivity contribution is 9.10. The second kappa shape index (κ2) is 10.9. The van der Waals surface area contributed by atoms with Gasteiger partial charge in [-0.05, 0) is 66.7 Å². The minimum Gasteiger partial charge on any atom is -0.478 e. The van der Waals surface area contributed by atoms with Gasteiger partial charge in [-0.1, -0.05) is 40.2 Å². The van der Waals surface area contributed by atoms with Crippen LogP contribution >= 0.6 is 27.7 Å². The summed E-state index contributed by atoms with van der Waals surface area (Å²) in [5.41, 5.74) is 4.08. The molecule has 2 unspecified atom stereocenters. The van der Waals surface area contributed by atoms with Crippen molar-refractivity contribution < 1.29 is 24.5 Å². The highest BCUT2D eigenvalue weighted by Crippen LogP contribution is 2.44. The maximum atomic E-state index is 9.55. The van der Waals surface area contributed by atoms with Crippen molar-refractivity contribution in [3.05, 3.63) is 75.8 Å². The number of aliphatic carboxylic acids is 2. The molecule has 3 fully saturated rings. The Morgan fingerprint density at radius 3 is 2.36 bits per heavy atom. The molecule has 174 valence electrons. The molecule has 2 aromatic rings. The highest BCUT2D eigenvalue weighted by Gasteiger charge is 2.37. The first-order chi connectivity index (χ1) is 15.9. The Bertz CT molecular complexity index is 1030. The lowest BCUT2D eigenvalue weighted by molar-refractivity contribution is -0.134. The fourth-order valence-electron chi connectivity index (χ4n) is 4.63. The molecule has 3 saturated heterocycles. The fourth-order valence-corrected chi connectivity index (χ4v) is 6.08. The van der Waals surface area contributed by atoms with Crippen LogP contribution < -0.4 is 0 Å². The molecule has 6 rings (SSSR count). The summed E-state index contributed by atoms with van der Waals surface area (Å²) in [5, 5.41) is 15.6. The van der Waals surface area contributed by atoms with Crippen molar-refractivity contribution >= 4 is 39.6 Å². The largest absolute Gasteiger partial charge is 0.478 e. The molecule has 2 N–H and O–H groups in total. The summed E-state index contributed by atoms with van der Waals surface area (Å²) in [6.45, 7) is 3.60. The number of nitrogens with zero attached hydrogens (tertiary/aromatic N) is 1. The molecule has 4 heterocycles. The summed E-state index contributed by atoms with van der Waals surface area (Å²) < 4.78 is 8.01. The molecule has 6 nitrogen and oxygen atoms in total. The van der Waals surface area contributed by atoms with Crippen molar-refractivity contribution in [1.29, 1.82) is 0 Å². The predicted molar refractivity (Wildman–Crippen MR) is 130 cm³/mol. The maximum Gasteiger partial charge on any atom is 0.328 e. The smallest absolute Gasteiger partial charge is 0.328 e. The first-order valence-corrected chi connectivity index (χ1v) is 12.7. The molecular formula is C25H26BrNO5S. The zero-order valence-corrected chi connectivity index (χ0v) is 20.4. The first kappa shape index (κ1) is 24.0. The molecule has 8 heteroatoms. The summed E-state index contributed by atoms with van der Waals surface area (Å²) in [6, 6.07) is 15.5. The van der Waals surface area contributed by atoms with E-state index in [0.717, 1.165) is 22.7 Å². The van der Waals surface area contributed by atoms with E-state index in [-0.39, 0.29) is 6.10 Å². The quantitative estimate of drug-likeness (QED) is 0.538. The van der Waals surface area contributed by atoms with E-state index in [4.69, 9.17) is 14.9 Å². The van der Waals surface area contributed by atoms with Crippen LogP contribution in [0.15, 0.2) is 64.0 Å². The van der Waals surface area contributed by atoms with Gasteiger partial charge in [-0.25, -0.2) is 9.59 Å². The highest BCUT2D eigenvalue weighted by atomic mass is 79.9. The fraction of sp³-hybridized carbons (Fsp3) is 0.360. The second-order valence-electron chi connectivity index (χ2n) is 8.37. The number of rotatable bonds is 4. The molecule has 2 aromatic carbocycles. The Hall–Kier alpha value is -2.13. The van der Waals surface area contributed by atoms with E-state index in [0.29, 0.717) is 18.3 Å². The van der Waals surface area contributed by atoms with Crippen LogP contribution in [0.25, 0.3) is 0 Å². The Labute approximate surface area is 205 Å². The van der Waals surface area contributed by atoms with Crippen LogP contribution in [-0.4, -0.2) is 52.8 Å². The molecule has 33 heavy (non-hydrogen) atoms. The van der Waals surface area contributed by atoms with Gasteiger partial charge in [0.2, 0.25) is 0 Å². The van der Waals surface area contributed by atoms with E-state index in [2.05, 4.69) is 63.3 Å². The number of fused-ring (bicyclic) bond motifs is 5. The number of benzene rings is 2. The van der Waals surface area contributed by atoms with Gasteiger partial charge < -0.3 is 19.8 Å². The summed E-state index contributed by atoms with van der Waals surface area (Å²) in [4.78, 5) is 23.0. The number of carboxylic acid groups (broad SMARTS) is 2. The Morgan fingerprint density at radius 2 is 1.73 bits per heavy atom. The van der Waals surface area contributed by atoms with Crippen LogP contribution in [0.5, 0.6) is 0 Å². The third-order valence-electron chi connectivity index (χ3n) is 6.25. The van der Waals surface area contributed by atoms with Gasteiger partial charge in [-0.2, -0.15) is 0 Å².